The normalized spacial score (nSPS) is 30.1. The molecule has 1 aliphatic carbocycles. The van der Waals surface area contributed by atoms with E-state index in [-0.39, 0.29) is 16.1 Å². The SMILES string of the molecule is CC(C)(C)SC[C@H]1[C@@H](C(=O)O)C1(C)C. The lowest BCUT2D eigenvalue weighted by Gasteiger charge is -2.17. The van der Waals surface area contributed by atoms with Crippen LogP contribution in [0.5, 0.6) is 0 Å². The van der Waals surface area contributed by atoms with Gasteiger partial charge in [0.05, 0.1) is 5.92 Å². The van der Waals surface area contributed by atoms with Crippen LogP contribution >= 0.6 is 11.8 Å². The fraction of sp³-hybridized carbons (Fsp3) is 0.909. The molecule has 0 aliphatic heterocycles. The first-order valence-electron chi connectivity index (χ1n) is 5.03. The van der Waals surface area contributed by atoms with Gasteiger partial charge in [0.2, 0.25) is 0 Å². The number of carboxylic acids is 1. The number of hydrogen-bond acceptors (Lipinski definition) is 2. The van der Waals surface area contributed by atoms with Crippen molar-refractivity contribution in [3.8, 4) is 0 Å². The Morgan fingerprint density at radius 1 is 1.43 bits per heavy atom. The molecule has 14 heavy (non-hydrogen) atoms. The van der Waals surface area contributed by atoms with Crippen LogP contribution in [-0.4, -0.2) is 21.6 Å². The van der Waals surface area contributed by atoms with Crippen LogP contribution in [0.15, 0.2) is 0 Å². The van der Waals surface area contributed by atoms with Gasteiger partial charge >= 0.3 is 5.97 Å². The summed E-state index contributed by atoms with van der Waals surface area (Å²) in [6, 6.07) is 0. The summed E-state index contributed by atoms with van der Waals surface area (Å²) in [6.45, 7) is 10.6. The average Bonchev–Trinajstić information content (AvgIpc) is 2.47. The van der Waals surface area contributed by atoms with Gasteiger partial charge in [0.1, 0.15) is 0 Å². The molecule has 0 heterocycles. The van der Waals surface area contributed by atoms with Gasteiger partial charge in [0.25, 0.3) is 0 Å². The maximum Gasteiger partial charge on any atom is 0.307 e. The van der Waals surface area contributed by atoms with Crippen molar-refractivity contribution in [2.45, 2.75) is 39.4 Å². The Bertz CT molecular complexity index is 240. The van der Waals surface area contributed by atoms with Crippen molar-refractivity contribution in [1.29, 1.82) is 0 Å². The summed E-state index contributed by atoms with van der Waals surface area (Å²) < 4.78 is 0.238. The standard InChI is InChI=1S/C11H20O2S/c1-10(2,3)14-6-7-8(9(12)13)11(7,4)5/h7-8H,6H2,1-5H3,(H,12,13)/t7-,8-/m0/s1. The van der Waals surface area contributed by atoms with Gasteiger partial charge in [-0.05, 0) is 17.1 Å². The molecule has 1 fully saturated rings. The Morgan fingerprint density at radius 2 is 1.93 bits per heavy atom. The summed E-state index contributed by atoms with van der Waals surface area (Å²) in [5, 5.41) is 8.98. The fourth-order valence-corrected chi connectivity index (χ4v) is 3.19. The van der Waals surface area contributed by atoms with Crippen molar-refractivity contribution in [3.63, 3.8) is 0 Å². The second-order valence-electron chi connectivity index (χ2n) is 5.67. The maximum atomic E-state index is 10.9. The lowest BCUT2D eigenvalue weighted by Crippen LogP contribution is -2.10. The molecule has 0 unspecified atom stereocenters. The minimum atomic E-state index is -0.630. The Hall–Kier alpha value is -0.180. The van der Waals surface area contributed by atoms with Gasteiger partial charge in [-0.25, -0.2) is 0 Å². The quantitative estimate of drug-likeness (QED) is 0.788. The first kappa shape index (κ1) is 11.9. The first-order valence-corrected chi connectivity index (χ1v) is 6.01. The lowest BCUT2D eigenvalue weighted by atomic mass is 10.1. The highest BCUT2D eigenvalue weighted by atomic mass is 32.2. The Kier molecular flexibility index (Phi) is 2.92. The van der Waals surface area contributed by atoms with Crippen molar-refractivity contribution in [2.24, 2.45) is 17.3 Å². The summed E-state index contributed by atoms with van der Waals surface area (Å²) in [6.07, 6.45) is 0. The monoisotopic (exact) mass is 216 g/mol. The summed E-state index contributed by atoms with van der Waals surface area (Å²) in [5.41, 5.74) is 0.00405. The molecule has 3 heteroatoms. The Morgan fingerprint density at radius 3 is 2.21 bits per heavy atom. The second kappa shape index (κ2) is 3.44. The molecule has 0 bridgehead atoms. The molecule has 0 aromatic carbocycles. The van der Waals surface area contributed by atoms with E-state index in [9.17, 15) is 4.79 Å². The highest BCUT2D eigenvalue weighted by Crippen LogP contribution is 2.59. The molecule has 2 nitrogen and oxygen atoms in total. The minimum absolute atomic E-state index is 0.00405. The van der Waals surface area contributed by atoms with E-state index in [1.165, 1.54) is 0 Å². The maximum absolute atomic E-state index is 10.9. The van der Waals surface area contributed by atoms with E-state index < -0.39 is 5.97 Å². The zero-order chi connectivity index (χ0) is 11.1. The second-order valence-corrected chi connectivity index (χ2v) is 7.51. The highest BCUT2D eigenvalue weighted by molar-refractivity contribution is 8.00. The molecule has 0 saturated heterocycles. The van der Waals surface area contributed by atoms with Gasteiger partial charge in [-0.3, -0.25) is 4.79 Å². The third kappa shape index (κ3) is 2.44. The number of carbonyl (C=O) groups is 1. The van der Waals surface area contributed by atoms with Crippen LogP contribution < -0.4 is 0 Å². The third-order valence-corrected chi connectivity index (χ3v) is 4.40. The molecule has 1 saturated carbocycles. The molecule has 0 radical (unpaired) electrons. The van der Waals surface area contributed by atoms with E-state index in [2.05, 4.69) is 34.6 Å². The van der Waals surface area contributed by atoms with Crippen molar-refractivity contribution in [3.05, 3.63) is 0 Å². The highest BCUT2D eigenvalue weighted by Gasteiger charge is 2.61. The van der Waals surface area contributed by atoms with Gasteiger partial charge in [0.15, 0.2) is 0 Å². The van der Waals surface area contributed by atoms with Gasteiger partial charge in [-0.2, -0.15) is 11.8 Å². The predicted octanol–water partition coefficient (Wildman–Crippen LogP) is 2.87. The number of carboxylic acid groups (broad SMARTS) is 1. The van der Waals surface area contributed by atoms with Crippen LogP contribution in [0, 0.1) is 17.3 Å². The summed E-state index contributed by atoms with van der Waals surface area (Å²) in [5.74, 6) is 0.559. The van der Waals surface area contributed by atoms with Crippen LogP contribution in [0.25, 0.3) is 0 Å². The van der Waals surface area contributed by atoms with Gasteiger partial charge < -0.3 is 5.11 Å². The Labute approximate surface area is 90.5 Å². The topological polar surface area (TPSA) is 37.3 Å². The zero-order valence-corrected chi connectivity index (χ0v) is 10.4. The molecular weight excluding hydrogens is 196 g/mol. The van der Waals surface area contributed by atoms with Crippen LogP contribution in [0.2, 0.25) is 0 Å². The molecule has 0 spiro atoms. The molecule has 1 aliphatic rings. The van der Waals surface area contributed by atoms with Crippen LogP contribution in [0.1, 0.15) is 34.6 Å². The van der Waals surface area contributed by atoms with Crippen molar-refractivity contribution >= 4 is 17.7 Å². The molecule has 82 valence electrons. The molecule has 0 aromatic heterocycles. The molecular formula is C11H20O2S. The number of aliphatic carboxylic acids is 1. The third-order valence-electron chi connectivity index (χ3n) is 3.01. The predicted molar refractivity (Wildman–Crippen MR) is 60.6 cm³/mol. The van der Waals surface area contributed by atoms with Crippen molar-refractivity contribution < 1.29 is 9.90 Å². The lowest BCUT2D eigenvalue weighted by molar-refractivity contribution is -0.139. The smallest absolute Gasteiger partial charge is 0.307 e. The van der Waals surface area contributed by atoms with E-state index >= 15 is 0 Å². The Balaban J connectivity index is 2.46. The molecule has 0 amide bonds. The summed E-state index contributed by atoms with van der Waals surface area (Å²) in [4.78, 5) is 10.9. The largest absolute Gasteiger partial charge is 0.481 e. The molecule has 0 aromatic rings. The van der Waals surface area contributed by atoms with Gasteiger partial charge in [-0.15, -0.1) is 0 Å². The zero-order valence-electron chi connectivity index (χ0n) is 9.63. The number of rotatable bonds is 3. The van der Waals surface area contributed by atoms with E-state index in [0.717, 1.165) is 5.75 Å². The van der Waals surface area contributed by atoms with Crippen LogP contribution in [0.4, 0.5) is 0 Å². The fourth-order valence-electron chi connectivity index (χ4n) is 1.89. The van der Waals surface area contributed by atoms with Crippen molar-refractivity contribution in [2.75, 3.05) is 5.75 Å². The number of hydrogen-bond donors (Lipinski definition) is 1. The van der Waals surface area contributed by atoms with E-state index in [1.807, 2.05) is 11.8 Å². The first-order chi connectivity index (χ1) is 6.16. The minimum Gasteiger partial charge on any atom is -0.481 e. The van der Waals surface area contributed by atoms with E-state index in [4.69, 9.17) is 5.11 Å². The molecule has 1 N–H and O–H groups in total. The van der Waals surface area contributed by atoms with Gasteiger partial charge in [0, 0.05) is 4.75 Å². The summed E-state index contributed by atoms with van der Waals surface area (Å²) in [7, 11) is 0. The number of thioether (sulfide) groups is 1. The average molecular weight is 216 g/mol. The molecule has 1 rings (SSSR count). The van der Waals surface area contributed by atoms with Crippen molar-refractivity contribution in [1.82, 2.24) is 0 Å². The van der Waals surface area contributed by atoms with Crippen LogP contribution in [-0.2, 0) is 4.79 Å². The van der Waals surface area contributed by atoms with E-state index in [0.29, 0.717) is 5.92 Å². The van der Waals surface area contributed by atoms with E-state index in [1.54, 1.807) is 0 Å². The van der Waals surface area contributed by atoms with Crippen LogP contribution in [0.3, 0.4) is 0 Å². The van der Waals surface area contributed by atoms with Gasteiger partial charge in [-0.1, -0.05) is 34.6 Å². The summed E-state index contributed by atoms with van der Waals surface area (Å²) >= 11 is 1.86. The molecule has 2 atom stereocenters.